The highest BCUT2D eigenvalue weighted by atomic mass is 16.5. The molecule has 0 saturated heterocycles. The minimum Gasteiger partial charge on any atom is -0.492 e. The van der Waals surface area contributed by atoms with E-state index in [1.807, 2.05) is 18.2 Å². The first kappa shape index (κ1) is 24.7. The van der Waals surface area contributed by atoms with Crippen molar-refractivity contribution in [3.8, 4) is 5.75 Å². The number of aromatic nitrogens is 2. The molecule has 0 aliphatic carbocycles. The summed E-state index contributed by atoms with van der Waals surface area (Å²) in [7, 11) is 1.35. The maximum atomic E-state index is 13.0. The van der Waals surface area contributed by atoms with Crippen molar-refractivity contribution in [2.45, 2.75) is 46.7 Å². The van der Waals surface area contributed by atoms with Gasteiger partial charge in [-0.05, 0) is 55.2 Å². The zero-order chi connectivity index (χ0) is 24.9. The van der Waals surface area contributed by atoms with Crippen LogP contribution in [0.15, 0.2) is 47.4 Å². The molecule has 184 valence electrons. The predicted octanol–water partition coefficient (Wildman–Crippen LogP) is 3.63. The molecule has 0 amide bonds. The third-order valence-electron chi connectivity index (χ3n) is 6.76. The lowest BCUT2D eigenvalue weighted by atomic mass is 10.0. The standard InChI is InChI=1S/C28H33N3O4/c1-19-15-21(3)22(16-20(19)2)18-30-11-8-24-27(28(33)34-4)25(17-26(32)31(24)13-12-30)35-14-9-23-7-5-6-10-29-23/h5-7,10,15-17H,8-9,11-14,18H2,1-4H3. The van der Waals surface area contributed by atoms with Crippen LogP contribution in [0.3, 0.4) is 0 Å². The Labute approximate surface area is 206 Å². The number of rotatable bonds is 7. The second kappa shape index (κ2) is 10.9. The van der Waals surface area contributed by atoms with Crippen LogP contribution in [0, 0.1) is 20.8 Å². The molecule has 0 N–H and O–H groups in total. The highest BCUT2D eigenvalue weighted by Gasteiger charge is 2.26. The molecule has 4 rings (SSSR count). The monoisotopic (exact) mass is 475 g/mol. The maximum absolute atomic E-state index is 13.0. The van der Waals surface area contributed by atoms with Gasteiger partial charge < -0.3 is 14.0 Å². The van der Waals surface area contributed by atoms with Crippen LogP contribution in [-0.4, -0.2) is 47.2 Å². The SMILES string of the molecule is COC(=O)c1c(OCCc2ccccn2)cc(=O)n2c1CCN(Cc1cc(C)c(C)cc1C)CC2. The number of nitrogens with zero attached hydrogens (tertiary/aromatic N) is 3. The molecule has 0 unspecified atom stereocenters. The van der Waals surface area contributed by atoms with E-state index in [2.05, 4.69) is 42.8 Å². The lowest BCUT2D eigenvalue weighted by Gasteiger charge is -2.21. The van der Waals surface area contributed by atoms with Gasteiger partial charge in [0.25, 0.3) is 5.56 Å². The quantitative estimate of drug-likeness (QED) is 0.486. The summed E-state index contributed by atoms with van der Waals surface area (Å²) in [5.41, 5.74) is 6.87. The molecular formula is C28H33N3O4. The predicted molar refractivity (Wildman–Crippen MR) is 135 cm³/mol. The summed E-state index contributed by atoms with van der Waals surface area (Å²) in [4.78, 5) is 32.5. The fourth-order valence-electron chi connectivity index (χ4n) is 4.63. The first-order chi connectivity index (χ1) is 16.9. The molecule has 0 fully saturated rings. The highest BCUT2D eigenvalue weighted by Crippen LogP contribution is 2.25. The Morgan fingerprint density at radius 1 is 1.03 bits per heavy atom. The Morgan fingerprint density at radius 2 is 1.83 bits per heavy atom. The number of benzene rings is 1. The average Bonchev–Trinajstić information content (AvgIpc) is 3.06. The number of aryl methyl sites for hydroxylation is 3. The molecule has 7 heteroatoms. The summed E-state index contributed by atoms with van der Waals surface area (Å²) in [5.74, 6) is -0.206. The van der Waals surface area contributed by atoms with E-state index in [9.17, 15) is 9.59 Å². The van der Waals surface area contributed by atoms with Crippen LogP contribution in [0.25, 0.3) is 0 Å². The average molecular weight is 476 g/mol. The zero-order valence-electron chi connectivity index (χ0n) is 21.0. The molecule has 1 aliphatic rings. The summed E-state index contributed by atoms with van der Waals surface area (Å²) in [6.45, 7) is 9.48. The molecular weight excluding hydrogens is 442 g/mol. The van der Waals surface area contributed by atoms with Gasteiger partial charge in [-0.3, -0.25) is 14.7 Å². The van der Waals surface area contributed by atoms with Gasteiger partial charge in [0.15, 0.2) is 0 Å². The second-order valence-electron chi connectivity index (χ2n) is 9.12. The van der Waals surface area contributed by atoms with Gasteiger partial charge in [-0.1, -0.05) is 18.2 Å². The normalized spacial score (nSPS) is 13.7. The topological polar surface area (TPSA) is 73.7 Å². The van der Waals surface area contributed by atoms with Crippen molar-refractivity contribution in [1.29, 1.82) is 0 Å². The molecule has 1 aliphatic heterocycles. The number of carbonyl (C=O) groups excluding carboxylic acids is 1. The van der Waals surface area contributed by atoms with Gasteiger partial charge in [0.2, 0.25) is 0 Å². The van der Waals surface area contributed by atoms with Crippen LogP contribution in [0.1, 0.15) is 44.0 Å². The van der Waals surface area contributed by atoms with Gasteiger partial charge in [-0.25, -0.2) is 4.79 Å². The zero-order valence-corrected chi connectivity index (χ0v) is 21.0. The van der Waals surface area contributed by atoms with Crippen LogP contribution < -0.4 is 10.3 Å². The van der Waals surface area contributed by atoms with Gasteiger partial charge >= 0.3 is 5.97 Å². The molecule has 0 atom stereocenters. The van der Waals surface area contributed by atoms with Crippen molar-refractivity contribution in [2.24, 2.45) is 0 Å². The summed E-state index contributed by atoms with van der Waals surface area (Å²) in [6.07, 6.45) is 2.86. The number of hydrogen-bond acceptors (Lipinski definition) is 6. The third kappa shape index (κ3) is 5.62. The summed E-state index contributed by atoms with van der Waals surface area (Å²) >= 11 is 0. The van der Waals surface area contributed by atoms with Crippen molar-refractivity contribution in [2.75, 3.05) is 26.8 Å². The molecule has 0 spiro atoms. The van der Waals surface area contributed by atoms with Crippen LogP contribution >= 0.6 is 0 Å². The van der Waals surface area contributed by atoms with E-state index in [4.69, 9.17) is 9.47 Å². The molecule has 0 saturated carbocycles. The van der Waals surface area contributed by atoms with E-state index in [-0.39, 0.29) is 11.3 Å². The molecule has 7 nitrogen and oxygen atoms in total. The molecule has 0 radical (unpaired) electrons. The van der Waals surface area contributed by atoms with Crippen LogP contribution in [0.2, 0.25) is 0 Å². The van der Waals surface area contributed by atoms with Gasteiger partial charge in [0, 0.05) is 62.7 Å². The van der Waals surface area contributed by atoms with Crippen LogP contribution in [0.4, 0.5) is 0 Å². The van der Waals surface area contributed by atoms with Crippen molar-refractivity contribution in [3.05, 3.63) is 92.2 Å². The maximum Gasteiger partial charge on any atom is 0.343 e. The molecule has 35 heavy (non-hydrogen) atoms. The number of esters is 1. The number of pyridine rings is 2. The van der Waals surface area contributed by atoms with E-state index in [1.165, 1.54) is 35.4 Å². The molecule has 1 aromatic carbocycles. The van der Waals surface area contributed by atoms with Gasteiger partial charge in [0.1, 0.15) is 11.3 Å². The number of carbonyl (C=O) groups is 1. The Hall–Kier alpha value is -3.45. The molecule has 0 bridgehead atoms. The number of fused-ring (bicyclic) bond motifs is 1. The largest absolute Gasteiger partial charge is 0.492 e. The fourth-order valence-corrected chi connectivity index (χ4v) is 4.63. The molecule has 3 heterocycles. The first-order valence-electron chi connectivity index (χ1n) is 12.0. The summed E-state index contributed by atoms with van der Waals surface area (Å²) in [6, 6.07) is 11.6. The molecule has 3 aromatic rings. The highest BCUT2D eigenvalue weighted by molar-refractivity contribution is 5.93. The number of methoxy groups -OCH3 is 1. The van der Waals surface area contributed by atoms with Crippen molar-refractivity contribution in [3.63, 3.8) is 0 Å². The summed E-state index contributed by atoms with van der Waals surface area (Å²) in [5, 5.41) is 0. The van der Waals surface area contributed by atoms with Crippen molar-refractivity contribution < 1.29 is 14.3 Å². The third-order valence-corrected chi connectivity index (χ3v) is 6.76. The number of hydrogen-bond donors (Lipinski definition) is 0. The van der Waals surface area contributed by atoms with Crippen molar-refractivity contribution >= 4 is 5.97 Å². The minimum absolute atomic E-state index is 0.162. The van der Waals surface area contributed by atoms with Crippen LogP contribution in [-0.2, 0) is 30.7 Å². The minimum atomic E-state index is -0.486. The Balaban J connectivity index is 1.56. The second-order valence-corrected chi connectivity index (χ2v) is 9.12. The van der Waals surface area contributed by atoms with E-state index in [0.29, 0.717) is 37.3 Å². The van der Waals surface area contributed by atoms with Gasteiger partial charge in [0.05, 0.1) is 13.7 Å². The first-order valence-corrected chi connectivity index (χ1v) is 12.0. The lowest BCUT2D eigenvalue weighted by Crippen LogP contribution is -2.29. The molecule has 2 aromatic heterocycles. The Bertz CT molecular complexity index is 1270. The lowest BCUT2D eigenvalue weighted by molar-refractivity contribution is 0.0593. The van der Waals surface area contributed by atoms with Crippen LogP contribution in [0.5, 0.6) is 5.75 Å². The van der Waals surface area contributed by atoms with E-state index in [1.54, 1.807) is 10.8 Å². The summed E-state index contributed by atoms with van der Waals surface area (Å²) < 4.78 is 12.7. The Kier molecular flexibility index (Phi) is 7.66. The van der Waals surface area contributed by atoms with Crippen molar-refractivity contribution in [1.82, 2.24) is 14.5 Å². The van der Waals surface area contributed by atoms with E-state index < -0.39 is 5.97 Å². The number of ether oxygens (including phenoxy) is 2. The smallest absolute Gasteiger partial charge is 0.343 e. The van der Waals surface area contributed by atoms with Gasteiger partial charge in [-0.2, -0.15) is 0 Å². The van der Waals surface area contributed by atoms with E-state index in [0.717, 1.165) is 25.3 Å². The Morgan fingerprint density at radius 3 is 2.57 bits per heavy atom. The fraction of sp³-hybridized carbons (Fsp3) is 0.393. The van der Waals surface area contributed by atoms with Gasteiger partial charge in [-0.15, -0.1) is 0 Å². The van der Waals surface area contributed by atoms with E-state index >= 15 is 0 Å².